The predicted octanol–water partition coefficient (Wildman–Crippen LogP) is 3.58. The summed E-state index contributed by atoms with van der Waals surface area (Å²) < 4.78 is 61.4. The Balaban J connectivity index is 1.72. The van der Waals surface area contributed by atoms with Gasteiger partial charge in [0.2, 0.25) is 0 Å². The van der Waals surface area contributed by atoms with Gasteiger partial charge in [0.05, 0.1) is 48.7 Å². The van der Waals surface area contributed by atoms with Crippen LogP contribution in [0.1, 0.15) is 28.6 Å². The molecule has 0 radical (unpaired) electrons. The molecule has 1 aliphatic heterocycles. The Hall–Kier alpha value is -2.92. The van der Waals surface area contributed by atoms with Crippen LogP contribution in [0, 0.1) is 5.82 Å². The maximum Gasteiger partial charge on any atom is 0.416 e. The third-order valence-corrected chi connectivity index (χ3v) is 5.77. The van der Waals surface area contributed by atoms with E-state index < -0.39 is 29.2 Å². The monoisotopic (exact) mass is 471 g/mol. The fraction of sp³-hybridized carbons (Fsp3) is 0.350. The first-order valence-corrected chi connectivity index (χ1v) is 9.96. The molecule has 1 atom stereocenters. The van der Waals surface area contributed by atoms with Crippen molar-refractivity contribution in [3.05, 3.63) is 74.4 Å². The lowest BCUT2D eigenvalue weighted by molar-refractivity contribution is -0.138. The molecule has 3 heterocycles. The van der Waals surface area contributed by atoms with Crippen molar-refractivity contribution in [2.75, 3.05) is 25.2 Å². The van der Waals surface area contributed by atoms with Crippen LogP contribution in [0.5, 0.6) is 0 Å². The van der Waals surface area contributed by atoms with Gasteiger partial charge in [0.25, 0.3) is 5.56 Å². The van der Waals surface area contributed by atoms with Crippen LogP contribution in [0.25, 0.3) is 0 Å². The number of methoxy groups -OCH3 is 1. The quantitative estimate of drug-likeness (QED) is 0.576. The zero-order chi connectivity index (χ0) is 23.0. The maximum atomic E-state index is 13.6. The Morgan fingerprint density at radius 1 is 1.34 bits per heavy atom. The number of aromatic nitrogens is 4. The molecule has 1 aromatic carbocycles. The molecule has 0 aliphatic carbocycles. The molecule has 0 unspecified atom stereocenters. The number of H-pyrrole nitrogens is 1. The standard InChI is InChI=1S/C20H18ClF4N5O2/c1-32-9-17(12-3-2-11(22)6-13(12)20(23,24)25)30-10-26-14-8-29(5-4-15(14)30)16-7-27-28-19(31)18(16)21/h2-3,6-7,10,17H,4-5,8-9H2,1H3,(H,28,31)/t17-/m1/s1. The first kappa shape index (κ1) is 22.3. The Morgan fingerprint density at radius 3 is 2.84 bits per heavy atom. The summed E-state index contributed by atoms with van der Waals surface area (Å²) in [6, 6.07) is 1.76. The summed E-state index contributed by atoms with van der Waals surface area (Å²) in [7, 11) is 1.39. The van der Waals surface area contributed by atoms with Crippen LogP contribution < -0.4 is 10.5 Å². The Kier molecular flexibility index (Phi) is 5.95. The van der Waals surface area contributed by atoms with Crippen molar-refractivity contribution in [1.82, 2.24) is 19.7 Å². The van der Waals surface area contributed by atoms with Crippen LogP contribution in [-0.2, 0) is 23.9 Å². The molecular formula is C20H18ClF4N5O2. The fourth-order valence-corrected chi connectivity index (χ4v) is 4.15. The number of ether oxygens (including phenoxy) is 1. The highest BCUT2D eigenvalue weighted by molar-refractivity contribution is 6.32. The van der Waals surface area contributed by atoms with Gasteiger partial charge in [0, 0.05) is 25.8 Å². The van der Waals surface area contributed by atoms with E-state index >= 15 is 0 Å². The molecule has 0 saturated carbocycles. The lowest BCUT2D eigenvalue weighted by Gasteiger charge is -2.31. The first-order valence-electron chi connectivity index (χ1n) is 9.59. The van der Waals surface area contributed by atoms with Crippen LogP contribution in [0.3, 0.4) is 0 Å². The van der Waals surface area contributed by atoms with Gasteiger partial charge in [-0.05, 0) is 17.7 Å². The zero-order valence-corrected chi connectivity index (χ0v) is 17.5. The summed E-state index contributed by atoms with van der Waals surface area (Å²) >= 11 is 6.10. The van der Waals surface area contributed by atoms with Gasteiger partial charge in [-0.2, -0.15) is 18.3 Å². The number of hydrogen-bond acceptors (Lipinski definition) is 5. The average Bonchev–Trinajstić information content (AvgIpc) is 3.16. The second-order valence-corrected chi connectivity index (χ2v) is 7.69. The second kappa shape index (κ2) is 8.55. The number of benzene rings is 1. The molecule has 1 aliphatic rings. The molecule has 0 bridgehead atoms. The molecule has 3 aromatic rings. The van der Waals surface area contributed by atoms with Gasteiger partial charge in [-0.15, -0.1) is 0 Å². The summed E-state index contributed by atoms with van der Waals surface area (Å²) in [5.74, 6) is -0.969. The summed E-state index contributed by atoms with van der Waals surface area (Å²) in [5, 5.41) is 6.03. The Labute approximate surface area is 184 Å². The molecule has 170 valence electrons. The SMILES string of the molecule is COC[C@H](c1ccc(F)cc1C(F)(F)F)n1cnc2c1CCN(c1cn[nH]c(=O)c1Cl)C2. The molecule has 0 amide bonds. The summed E-state index contributed by atoms with van der Waals surface area (Å²) in [4.78, 5) is 18.0. The molecule has 12 heteroatoms. The van der Waals surface area contributed by atoms with Crippen LogP contribution in [-0.4, -0.2) is 40.0 Å². The van der Waals surface area contributed by atoms with Gasteiger partial charge in [-0.3, -0.25) is 4.79 Å². The Morgan fingerprint density at radius 2 is 2.12 bits per heavy atom. The van der Waals surface area contributed by atoms with Crippen LogP contribution in [0.15, 0.2) is 35.5 Å². The molecule has 32 heavy (non-hydrogen) atoms. The van der Waals surface area contributed by atoms with E-state index in [1.165, 1.54) is 19.6 Å². The number of imidazole rings is 1. The largest absolute Gasteiger partial charge is 0.416 e. The second-order valence-electron chi connectivity index (χ2n) is 7.32. The molecule has 1 N–H and O–H groups in total. The number of hydrogen-bond donors (Lipinski definition) is 1. The minimum atomic E-state index is -4.73. The van der Waals surface area contributed by atoms with E-state index in [0.29, 0.717) is 37.0 Å². The molecule has 2 aromatic heterocycles. The highest BCUT2D eigenvalue weighted by Gasteiger charge is 2.37. The van der Waals surface area contributed by atoms with Crippen LogP contribution in [0.2, 0.25) is 5.02 Å². The van der Waals surface area contributed by atoms with Crippen molar-refractivity contribution in [3.8, 4) is 0 Å². The Bertz CT molecular complexity index is 1190. The minimum Gasteiger partial charge on any atom is -0.382 e. The van der Waals surface area contributed by atoms with Crippen molar-refractivity contribution in [2.45, 2.75) is 25.2 Å². The number of nitrogens with zero attached hydrogens (tertiary/aromatic N) is 4. The molecule has 0 saturated heterocycles. The number of fused-ring (bicyclic) bond motifs is 1. The van der Waals surface area contributed by atoms with Gasteiger partial charge in [-0.25, -0.2) is 14.5 Å². The van der Waals surface area contributed by atoms with E-state index in [9.17, 15) is 22.4 Å². The van der Waals surface area contributed by atoms with Crippen molar-refractivity contribution >= 4 is 17.3 Å². The molecule has 0 spiro atoms. The number of alkyl halides is 3. The lowest BCUT2D eigenvalue weighted by Crippen LogP contribution is -2.33. The topological polar surface area (TPSA) is 76.0 Å². The van der Waals surface area contributed by atoms with E-state index in [1.807, 2.05) is 4.90 Å². The van der Waals surface area contributed by atoms with E-state index in [4.69, 9.17) is 16.3 Å². The van der Waals surface area contributed by atoms with Crippen LogP contribution in [0.4, 0.5) is 23.2 Å². The first-order chi connectivity index (χ1) is 15.2. The maximum absolute atomic E-state index is 13.6. The predicted molar refractivity (Wildman–Crippen MR) is 108 cm³/mol. The minimum absolute atomic E-state index is 0.00118. The summed E-state index contributed by atoms with van der Waals surface area (Å²) in [6.45, 7) is 0.673. The highest BCUT2D eigenvalue weighted by atomic mass is 35.5. The number of halogens is 5. The van der Waals surface area contributed by atoms with Crippen molar-refractivity contribution < 1.29 is 22.3 Å². The number of aromatic amines is 1. The number of nitrogens with one attached hydrogen (secondary N) is 1. The summed E-state index contributed by atoms with van der Waals surface area (Å²) in [5.41, 5.74) is 0.128. The number of anilines is 1. The van der Waals surface area contributed by atoms with E-state index in [1.54, 1.807) is 4.57 Å². The van der Waals surface area contributed by atoms with Gasteiger partial charge in [0.15, 0.2) is 0 Å². The fourth-order valence-electron chi connectivity index (χ4n) is 3.94. The van der Waals surface area contributed by atoms with Gasteiger partial charge >= 0.3 is 6.18 Å². The van der Waals surface area contributed by atoms with E-state index in [0.717, 1.165) is 17.8 Å². The highest BCUT2D eigenvalue weighted by Crippen LogP contribution is 2.38. The van der Waals surface area contributed by atoms with Gasteiger partial charge in [-0.1, -0.05) is 17.7 Å². The molecular weight excluding hydrogens is 454 g/mol. The third kappa shape index (κ3) is 4.09. The molecule has 7 nitrogen and oxygen atoms in total. The van der Waals surface area contributed by atoms with Crippen molar-refractivity contribution in [1.29, 1.82) is 0 Å². The summed E-state index contributed by atoms with van der Waals surface area (Å²) in [6.07, 6.45) is -1.40. The number of rotatable bonds is 5. The zero-order valence-electron chi connectivity index (χ0n) is 16.8. The van der Waals surface area contributed by atoms with Gasteiger partial charge in [0.1, 0.15) is 10.8 Å². The van der Waals surface area contributed by atoms with Gasteiger partial charge < -0.3 is 14.2 Å². The molecule has 0 fully saturated rings. The molecule has 4 rings (SSSR count). The van der Waals surface area contributed by atoms with Crippen molar-refractivity contribution in [2.24, 2.45) is 0 Å². The normalized spacial score (nSPS) is 15.0. The smallest absolute Gasteiger partial charge is 0.382 e. The third-order valence-electron chi connectivity index (χ3n) is 5.40. The van der Waals surface area contributed by atoms with Crippen molar-refractivity contribution in [3.63, 3.8) is 0 Å². The van der Waals surface area contributed by atoms with E-state index in [2.05, 4.69) is 15.2 Å². The van der Waals surface area contributed by atoms with Crippen LogP contribution >= 0.6 is 11.6 Å². The lowest BCUT2D eigenvalue weighted by atomic mass is 9.99. The average molecular weight is 472 g/mol. The van der Waals surface area contributed by atoms with E-state index in [-0.39, 0.29) is 17.2 Å².